The van der Waals surface area contributed by atoms with E-state index >= 15 is 0 Å². The summed E-state index contributed by atoms with van der Waals surface area (Å²) in [5.74, 6) is 0.760. The maximum atomic E-state index is 11.1. The molecule has 0 radical (unpaired) electrons. The van der Waals surface area contributed by atoms with Gasteiger partial charge in [-0.15, -0.1) is 0 Å². The Morgan fingerprint density at radius 1 is 1.07 bits per heavy atom. The van der Waals surface area contributed by atoms with Gasteiger partial charge in [0.1, 0.15) is 18.1 Å². The number of carboxylic acids is 1. The zero-order valence-electron chi connectivity index (χ0n) is 16.4. The van der Waals surface area contributed by atoms with Crippen LogP contribution >= 0.6 is 0 Å². The van der Waals surface area contributed by atoms with Crippen molar-refractivity contribution >= 4 is 12.1 Å². The number of oxazole rings is 1. The van der Waals surface area contributed by atoms with E-state index in [-0.39, 0.29) is 6.54 Å². The second-order valence-electron chi connectivity index (χ2n) is 6.66. The largest absolute Gasteiger partial charge is 0.493 e. The number of rotatable bonds is 9. The van der Waals surface area contributed by atoms with Gasteiger partial charge in [0.2, 0.25) is 5.89 Å². The van der Waals surface area contributed by atoms with Crippen LogP contribution in [0.4, 0.5) is 4.79 Å². The molecule has 0 aliphatic rings. The Labute approximate surface area is 173 Å². The van der Waals surface area contributed by atoms with Gasteiger partial charge in [-0.1, -0.05) is 30.3 Å². The van der Waals surface area contributed by atoms with E-state index in [9.17, 15) is 9.59 Å². The van der Waals surface area contributed by atoms with Gasteiger partial charge in [-0.3, -0.25) is 9.69 Å². The molecule has 1 heterocycles. The van der Waals surface area contributed by atoms with Crippen molar-refractivity contribution in [1.82, 2.24) is 9.88 Å². The van der Waals surface area contributed by atoms with Gasteiger partial charge in [0.15, 0.2) is 0 Å². The normalized spacial score (nSPS) is 10.6. The fourth-order valence-electron chi connectivity index (χ4n) is 2.90. The summed E-state index contributed by atoms with van der Waals surface area (Å²) in [6, 6.07) is 16.5. The molecule has 30 heavy (non-hydrogen) atoms. The lowest BCUT2D eigenvalue weighted by Crippen LogP contribution is -2.33. The monoisotopic (exact) mass is 410 g/mol. The van der Waals surface area contributed by atoms with Crippen LogP contribution in [0.2, 0.25) is 0 Å². The van der Waals surface area contributed by atoms with Crippen LogP contribution in [0, 0.1) is 6.92 Å². The fraction of sp³-hybridized carbons (Fsp3) is 0.227. The zero-order chi connectivity index (χ0) is 21.5. The quantitative estimate of drug-likeness (QED) is 0.551. The number of benzene rings is 2. The molecule has 0 saturated heterocycles. The lowest BCUT2D eigenvalue weighted by atomic mass is 10.2. The lowest BCUT2D eigenvalue weighted by molar-refractivity contribution is -0.138. The predicted molar refractivity (Wildman–Crippen MR) is 108 cm³/mol. The van der Waals surface area contributed by atoms with Gasteiger partial charge >= 0.3 is 12.1 Å². The number of aryl methyl sites for hydroxylation is 1. The minimum Gasteiger partial charge on any atom is -0.493 e. The van der Waals surface area contributed by atoms with Crippen LogP contribution in [0.5, 0.6) is 5.75 Å². The van der Waals surface area contributed by atoms with Crippen molar-refractivity contribution in [2.75, 3.05) is 13.2 Å². The van der Waals surface area contributed by atoms with Crippen molar-refractivity contribution in [3.05, 3.63) is 71.6 Å². The summed E-state index contributed by atoms with van der Waals surface area (Å²) >= 11 is 0. The summed E-state index contributed by atoms with van der Waals surface area (Å²) in [6.07, 6.45) is -0.703. The number of carbonyl (C=O) groups is 2. The van der Waals surface area contributed by atoms with Gasteiger partial charge < -0.3 is 19.4 Å². The summed E-state index contributed by atoms with van der Waals surface area (Å²) in [4.78, 5) is 27.3. The molecule has 8 nitrogen and oxygen atoms in total. The van der Waals surface area contributed by atoms with Crippen LogP contribution in [0.15, 0.2) is 59.0 Å². The summed E-state index contributed by atoms with van der Waals surface area (Å²) in [5, 5.41) is 17.9. The van der Waals surface area contributed by atoms with Gasteiger partial charge in [0.05, 0.1) is 12.3 Å². The SMILES string of the molecule is Cc1oc(-c2ccccc2)nc1CCOc1ccc(CN(CC(=O)O)C(=O)O)cc1. The van der Waals surface area contributed by atoms with Crippen molar-refractivity contribution in [3.63, 3.8) is 0 Å². The van der Waals surface area contributed by atoms with Crippen molar-refractivity contribution < 1.29 is 29.0 Å². The average Bonchev–Trinajstić information content (AvgIpc) is 3.10. The highest BCUT2D eigenvalue weighted by atomic mass is 16.5. The molecule has 8 heteroatoms. The molecule has 0 bridgehead atoms. The molecule has 1 aromatic heterocycles. The molecule has 156 valence electrons. The Morgan fingerprint density at radius 2 is 1.77 bits per heavy atom. The number of aliphatic carboxylic acids is 1. The molecule has 3 aromatic rings. The van der Waals surface area contributed by atoms with E-state index in [4.69, 9.17) is 19.4 Å². The molecule has 0 atom stereocenters. The van der Waals surface area contributed by atoms with Gasteiger partial charge in [-0.05, 0) is 36.8 Å². The molecule has 2 aromatic carbocycles. The minimum atomic E-state index is -1.28. The lowest BCUT2D eigenvalue weighted by Gasteiger charge is -2.17. The summed E-state index contributed by atoms with van der Waals surface area (Å²) < 4.78 is 11.5. The van der Waals surface area contributed by atoms with Gasteiger partial charge in [0.25, 0.3) is 0 Å². The maximum Gasteiger partial charge on any atom is 0.408 e. The number of aromatic nitrogens is 1. The number of hydrogen-bond acceptors (Lipinski definition) is 5. The standard InChI is InChI=1S/C22H22N2O6/c1-15-19(23-21(30-15)17-5-3-2-4-6-17)11-12-29-18-9-7-16(8-10-18)13-24(22(27)28)14-20(25)26/h2-10H,11-14H2,1H3,(H,25,26)(H,27,28). The zero-order valence-corrected chi connectivity index (χ0v) is 16.4. The number of amides is 1. The highest BCUT2D eigenvalue weighted by Gasteiger charge is 2.16. The third-order valence-electron chi connectivity index (χ3n) is 4.41. The molecule has 0 fully saturated rings. The second kappa shape index (κ2) is 9.60. The summed E-state index contributed by atoms with van der Waals surface area (Å²) in [6.45, 7) is 1.69. The third-order valence-corrected chi connectivity index (χ3v) is 4.41. The van der Waals surface area contributed by atoms with Crippen LogP contribution in [0.25, 0.3) is 11.5 Å². The summed E-state index contributed by atoms with van der Waals surface area (Å²) in [5.41, 5.74) is 2.42. The van der Waals surface area contributed by atoms with E-state index in [0.29, 0.717) is 30.2 Å². The van der Waals surface area contributed by atoms with Gasteiger partial charge in [-0.2, -0.15) is 0 Å². The van der Waals surface area contributed by atoms with Crippen molar-refractivity contribution in [3.8, 4) is 17.2 Å². The number of carboxylic acid groups (broad SMARTS) is 2. The Morgan fingerprint density at radius 3 is 2.40 bits per heavy atom. The second-order valence-corrected chi connectivity index (χ2v) is 6.66. The molecule has 0 saturated carbocycles. The van der Waals surface area contributed by atoms with Crippen LogP contribution in [-0.2, 0) is 17.8 Å². The first kappa shape index (κ1) is 20.9. The molecule has 1 amide bonds. The van der Waals surface area contributed by atoms with Crippen LogP contribution in [0.3, 0.4) is 0 Å². The smallest absolute Gasteiger partial charge is 0.408 e. The van der Waals surface area contributed by atoms with E-state index in [2.05, 4.69) is 4.98 Å². The molecular weight excluding hydrogens is 388 g/mol. The Bertz CT molecular complexity index is 998. The van der Waals surface area contributed by atoms with E-state index in [1.54, 1.807) is 24.3 Å². The van der Waals surface area contributed by atoms with Crippen LogP contribution in [-0.4, -0.2) is 45.3 Å². The van der Waals surface area contributed by atoms with Gasteiger partial charge in [-0.25, -0.2) is 9.78 Å². The van der Waals surface area contributed by atoms with E-state index in [0.717, 1.165) is 21.9 Å². The number of hydrogen-bond donors (Lipinski definition) is 2. The van der Waals surface area contributed by atoms with Crippen LogP contribution in [0.1, 0.15) is 17.0 Å². The Hall–Kier alpha value is -3.81. The van der Waals surface area contributed by atoms with Crippen molar-refractivity contribution in [2.24, 2.45) is 0 Å². The third kappa shape index (κ3) is 5.60. The summed E-state index contributed by atoms with van der Waals surface area (Å²) in [7, 11) is 0. The van der Waals surface area contributed by atoms with E-state index < -0.39 is 18.6 Å². The number of nitrogens with zero attached hydrogens (tertiary/aromatic N) is 2. The maximum absolute atomic E-state index is 11.1. The average molecular weight is 410 g/mol. The van der Waals surface area contributed by atoms with E-state index in [1.807, 2.05) is 37.3 Å². The first-order valence-corrected chi connectivity index (χ1v) is 9.35. The molecule has 0 aliphatic heterocycles. The molecule has 0 aliphatic carbocycles. The molecule has 0 spiro atoms. The highest BCUT2D eigenvalue weighted by molar-refractivity contribution is 5.75. The van der Waals surface area contributed by atoms with Crippen LogP contribution < -0.4 is 4.74 Å². The first-order valence-electron chi connectivity index (χ1n) is 9.35. The molecule has 3 rings (SSSR count). The first-order chi connectivity index (χ1) is 14.4. The highest BCUT2D eigenvalue weighted by Crippen LogP contribution is 2.22. The Balaban J connectivity index is 1.54. The minimum absolute atomic E-state index is 0.0116. The number of ether oxygens (including phenoxy) is 1. The molecule has 0 unspecified atom stereocenters. The molecular formula is C22H22N2O6. The van der Waals surface area contributed by atoms with Crippen molar-refractivity contribution in [1.29, 1.82) is 0 Å². The Kier molecular flexibility index (Phi) is 6.69. The topological polar surface area (TPSA) is 113 Å². The molecule has 2 N–H and O–H groups in total. The fourth-order valence-corrected chi connectivity index (χ4v) is 2.90. The van der Waals surface area contributed by atoms with Crippen molar-refractivity contribution in [2.45, 2.75) is 19.9 Å². The van der Waals surface area contributed by atoms with E-state index in [1.165, 1.54) is 0 Å². The van der Waals surface area contributed by atoms with Gasteiger partial charge in [0, 0.05) is 18.5 Å². The predicted octanol–water partition coefficient (Wildman–Crippen LogP) is 3.84.